The molecule has 0 saturated heterocycles. The summed E-state index contributed by atoms with van der Waals surface area (Å²) in [6.07, 6.45) is 0. The highest BCUT2D eigenvalue weighted by Crippen LogP contribution is 2.34. The van der Waals surface area contributed by atoms with E-state index < -0.39 is 0 Å². The predicted octanol–water partition coefficient (Wildman–Crippen LogP) is 4.68. The van der Waals surface area contributed by atoms with E-state index in [0.717, 1.165) is 22.7 Å². The van der Waals surface area contributed by atoms with Gasteiger partial charge in [0.1, 0.15) is 5.75 Å². The highest BCUT2D eigenvalue weighted by atomic mass is 35.5. The fraction of sp³-hybridized carbons (Fsp3) is 0.250. The lowest BCUT2D eigenvalue weighted by Crippen LogP contribution is -2.13. The number of benzene rings is 2. The average Bonchev–Trinajstić information content (AvgIpc) is 2.45. The normalized spacial score (nSPS) is 10.3. The number of anilines is 2. The average molecular weight is 325 g/mol. The van der Waals surface area contributed by atoms with Gasteiger partial charge in [0.15, 0.2) is 0 Å². The Morgan fingerprint density at radius 2 is 1.71 bits per heavy atom. The van der Waals surface area contributed by atoms with Crippen molar-refractivity contribution < 1.29 is 4.74 Å². The fourth-order valence-corrected chi connectivity index (χ4v) is 2.77. The molecule has 0 heterocycles. The van der Waals surface area contributed by atoms with Crippen molar-refractivity contribution in [2.24, 2.45) is 0 Å². The smallest absolute Gasteiger partial charge is 0.125 e. The summed E-state index contributed by atoms with van der Waals surface area (Å²) in [6.45, 7) is 0.560. The molecule has 2 aromatic rings. The summed E-state index contributed by atoms with van der Waals surface area (Å²) in [5.74, 6) is 0.767. The SMILES string of the molecule is COc1cccc(Cl)c1CNc1cccc(Cl)c1N(C)C. The van der Waals surface area contributed by atoms with Crippen molar-refractivity contribution >= 4 is 34.6 Å². The maximum atomic E-state index is 6.26. The van der Waals surface area contributed by atoms with Gasteiger partial charge in [-0.2, -0.15) is 0 Å². The van der Waals surface area contributed by atoms with Crippen LogP contribution in [-0.4, -0.2) is 21.2 Å². The fourth-order valence-electron chi connectivity index (χ4n) is 2.20. The van der Waals surface area contributed by atoms with Gasteiger partial charge in [0.05, 0.1) is 23.5 Å². The largest absolute Gasteiger partial charge is 0.496 e. The topological polar surface area (TPSA) is 24.5 Å². The molecule has 0 saturated carbocycles. The summed E-state index contributed by atoms with van der Waals surface area (Å²) in [5.41, 5.74) is 2.83. The van der Waals surface area contributed by atoms with E-state index in [2.05, 4.69) is 5.32 Å². The number of halogens is 2. The number of para-hydroxylation sites is 1. The zero-order valence-electron chi connectivity index (χ0n) is 12.3. The number of hydrogen-bond acceptors (Lipinski definition) is 3. The highest BCUT2D eigenvalue weighted by Gasteiger charge is 2.11. The van der Waals surface area contributed by atoms with E-state index in [1.54, 1.807) is 7.11 Å². The maximum absolute atomic E-state index is 6.26. The number of rotatable bonds is 5. The van der Waals surface area contributed by atoms with Crippen molar-refractivity contribution in [2.75, 3.05) is 31.4 Å². The number of nitrogens with one attached hydrogen (secondary N) is 1. The van der Waals surface area contributed by atoms with Crippen LogP contribution < -0.4 is 15.0 Å². The van der Waals surface area contributed by atoms with Gasteiger partial charge in [0.2, 0.25) is 0 Å². The van der Waals surface area contributed by atoms with Gasteiger partial charge in [-0.3, -0.25) is 0 Å². The minimum atomic E-state index is 0.560. The van der Waals surface area contributed by atoms with Crippen molar-refractivity contribution in [3.63, 3.8) is 0 Å². The first kappa shape index (κ1) is 15.8. The quantitative estimate of drug-likeness (QED) is 0.864. The van der Waals surface area contributed by atoms with Crippen molar-refractivity contribution in [3.05, 3.63) is 52.0 Å². The Hall–Kier alpha value is -1.58. The molecular weight excluding hydrogens is 307 g/mol. The van der Waals surface area contributed by atoms with Gasteiger partial charge in [-0.1, -0.05) is 35.3 Å². The van der Waals surface area contributed by atoms with Crippen molar-refractivity contribution in [3.8, 4) is 5.75 Å². The molecule has 0 aliphatic rings. The van der Waals surface area contributed by atoms with E-state index in [1.165, 1.54) is 0 Å². The summed E-state index contributed by atoms with van der Waals surface area (Å²) in [4.78, 5) is 1.98. The molecular formula is C16H18Cl2N2O. The zero-order chi connectivity index (χ0) is 15.4. The lowest BCUT2D eigenvalue weighted by Gasteiger charge is -2.20. The van der Waals surface area contributed by atoms with Crippen LogP contribution in [0.4, 0.5) is 11.4 Å². The van der Waals surface area contributed by atoms with Crippen LogP contribution in [-0.2, 0) is 6.54 Å². The Morgan fingerprint density at radius 1 is 1.05 bits per heavy atom. The van der Waals surface area contributed by atoms with Crippen LogP contribution in [0.2, 0.25) is 10.0 Å². The van der Waals surface area contributed by atoms with Crippen LogP contribution in [0.25, 0.3) is 0 Å². The Kier molecular flexibility index (Phi) is 5.21. The van der Waals surface area contributed by atoms with Gasteiger partial charge in [0, 0.05) is 31.2 Å². The maximum Gasteiger partial charge on any atom is 0.125 e. The minimum Gasteiger partial charge on any atom is -0.496 e. The molecule has 0 atom stereocenters. The van der Waals surface area contributed by atoms with Crippen molar-refractivity contribution in [2.45, 2.75) is 6.54 Å². The van der Waals surface area contributed by atoms with Crippen molar-refractivity contribution in [1.29, 1.82) is 0 Å². The molecule has 0 aromatic heterocycles. The Bertz CT molecular complexity index is 630. The van der Waals surface area contributed by atoms with Crippen LogP contribution in [0, 0.1) is 0 Å². The molecule has 2 rings (SSSR count). The van der Waals surface area contributed by atoms with E-state index in [9.17, 15) is 0 Å². The molecule has 0 fully saturated rings. The molecule has 0 bridgehead atoms. The van der Waals surface area contributed by atoms with Gasteiger partial charge >= 0.3 is 0 Å². The van der Waals surface area contributed by atoms with Crippen LogP contribution in [0.1, 0.15) is 5.56 Å². The van der Waals surface area contributed by atoms with Gasteiger partial charge < -0.3 is 15.0 Å². The molecule has 0 spiro atoms. The molecule has 3 nitrogen and oxygen atoms in total. The molecule has 0 radical (unpaired) electrons. The lowest BCUT2D eigenvalue weighted by atomic mass is 10.2. The Labute approximate surface area is 135 Å². The van der Waals surface area contributed by atoms with E-state index in [4.69, 9.17) is 27.9 Å². The van der Waals surface area contributed by atoms with Crippen LogP contribution >= 0.6 is 23.2 Å². The lowest BCUT2D eigenvalue weighted by molar-refractivity contribution is 0.410. The summed E-state index contributed by atoms with van der Waals surface area (Å²) < 4.78 is 5.36. The Balaban J connectivity index is 2.27. The third-order valence-electron chi connectivity index (χ3n) is 3.19. The van der Waals surface area contributed by atoms with E-state index in [0.29, 0.717) is 16.6 Å². The Morgan fingerprint density at radius 3 is 2.38 bits per heavy atom. The van der Waals surface area contributed by atoms with E-state index >= 15 is 0 Å². The van der Waals surface area contributed by atoms with Crippen molar-refractivity contribution in [1.82, 2.24) is 0 Å². The van der Waals surface area contributed by atoms with Crippen LogP contribution in [0.5, 0.6) is 5.75 Å². The minimum absolute atomic E-state index is 0.560. The summed E-state index contributed by atoms with van der Waals surface area (Å²) in [7, 11) is 5.56. The second-order valence-corrected chi connectivity index (χ2v) is 5.62. The standard InChI is InChI=1S/C16H18Cl2N2O/c1-20(2)16-13(18)7-4-8-14(16)19-10-11-12(17)6-5-9-15(11)21-3/h4-9,19H,10H2,1-3H3. The molecule has 0 aliphatic carbocycles. The molecule has 0 unspecified atom stereocenters. The third kappa shape index (κ3) is 3.55. The second kappa shape index (κ2) is 6.92. The van der Waals surface area contributed by atoms with E-state index in [1.807, 2.05) is 55.4 Å². The first-order chi connectivity index (χ1) is 10.0. The van der Waals surface area contributed by atoms with Gasteiger partial charge in [-0.15, -0.1) is 0 Å². The van der Waals surface area contributed by atoms with E-state index in [-0.39, 0.29) is 0 Å². The number of methoxy groups -OCH3 is 1. The number of ether oxygens (including phenoxy) is 1. The van der Waals surface area contributed by atoms with Crippen LogP contribution in [0.15, 0.2) is 36.4 Å². The molecule has 0 amide bonds. The molecule has 112 valence electrons. The number of hydrogen-bond donors (Lipinski definition) is 1. The zero-order valence-corrected chi connectivity index (χ0v) is 13.8. The van der Waals surface area contributed by atoms with Crippen LogP contribution in [0.3, 0.4) is 0 Å². The molecule has 0 aliphatic heterocycles. The second-order valence-electron chi connectivity index (χ2n) is 4.80. The molecule has 2 aromatic carbocycles. The number of nitrogens with zero attached hydrogens (tertiary/aromatic N) is 1. The summed E-state index contributed by atoms with van der Waals surface area (Å²) in [5, 5.41) is 4.76. The third-order valence-corrected chi connectivity index (χ3v) is 3.84. The van der Waals surface area contributed by atoms with Gasteiger partial charge in [-0.05, 0) is 24.3 Å². The molecule has 21 heavy (non-hydrogen) atoms. The molecule has 1 N–H and O–H groups in total. The monoisotopic (exact) mass is 324 g/mol. The molecule has 5 heteroatoms. The summed E-state index contributed by atoms with van der Waals surface area (Å²) >= 11 is 12.5. The first-order valence-electron chi connectivity index (χ1n) is 6.55. The first-order valence-corrected chi connectivity index (χ1v) is 7.31. The summed E-state index contributed by atoms with van der Waals surface area (Å²) in [6, 6.07) is 11.4. The van der Waals surface area contributed by atoms with Gasteiger partial charge in [0.25, 0.3) is 0 Å². The van der Waals surface area contributed by atoms with Gasteiger partial charge in [-0.25, -0.2) is 0 Å². The predicted molar refractivity (Wildman–Crippen MR) is 91.1 cm³/mol. The highest BCUT2D eigenvalue weighted by molar-refractivity contribution is 6.34.